The summed E-state index contributed by atoms with van der Waals surface area (Å²) in [5.41, 5.74) is 0.540. The summed E-state index contributed by atoms with van der Waals surface area (Å²) in [7, 11) is 0. The fourth-order valence-corrected chi connectivity index (χ4v) is 2.24. The third kappa shape index (κ3) is 2.65. The highest BCUT2D eigenvalue weighted by Crippen LogP contribution is 2.29. The molecule has 0 saturated heterocycles. The monoisotopic (exact) mass is 284 g/mol. The maximum Gasteiger partial charge on any atom is 0.262 e. The first kappa shape index (κ1) is 13.4. The van der Waals surface area contributed by atoms with Gasteiger partial charge in [-0.2, -0.15) is 0 Å². The second-order valence-electron chi connectivity index (χ2n) is 4.62. The number of hydrogen-bond donors (Lipinski definition) is 1. The first-order chi connectivity index (χ1) is 10.3. The molecule has 1 amide bonds. The van der Waals surface area contributed by atoms with E-state index in [4.69, 9.17) is 4.74 Å². The molecule has 1 aliphatic rings. The third-order valence-corrected chi connectivity index (χ3v) is 3.33. The number of fused-ring (bicyclic) bond motifs is 2. The minimum absolute atomic E-state index is 0.0396. The molecule has 0 atom stereocenters. The van der Waals surface area contributed by atoms with Crippen molar-refractivity contribution < 1.29 is 9.53 Å². The van der Waals surface area contributed by atoms with Gasteiger partial charge in [0.15, 0.2) is 5.82 Å². The van der Waals surface area contributed by atoms with Gasteiger partial charge in [-0.1, -0.05) is 12.1 Å². The van der Waals surface area contributed by atoms with E-state index in [9.17, 15) is 4.79 Å². The molecular formula is C15H16N4O2. The van der Waals surface area contributed by atoms with Crippen molar-refractivity contribution in [2.75, 3.05) is 25.0 Å². The summed E-state index contributed by atoms with van der Waals surface area (Å²) in [5.74, 6) is 1.41. The number of nitrogens with zero attached hydrogens (tertiary/aromatic N) is 3. The van der Waals surface area contributed by atoms with Crippen molar-refractivity contribution in [3.05, 3.63) is 42.2 Å². The molecule has 6 nitrogen and oxygen atoms in total. The number of ether oxygens (including phenoxy) is 1. The Labute approximate surface area is 122 Å². The van der Waals surface area contributed by atoms with Crippen LogP contribution in [0.3, 0.4) is 0 Å². The van der Waals surface area contributed by atoms with Crippen LogP contribution in [0.2, 0.25) is 0 Å². The van der Waals surface area contributed by atoms with E-state index in [-0.39, 0.29) is 5.91 Å². The zero-order chi connectivity index (χ0) is 14.7. The Morgan fingerprint density at radius 1 is 1.29 bits per heavy atom. The molecule has 108 valence electrons. The number of para-hydroxylation sites is 1. The molecule has 0 saturated carbocycles. The van der Waals surface area contributed by atoms with Crippen LogP contribution in [0.1, 0.15) is 17.3 Å². The standard InChI is InChI=1S/C15H16N4O2/c1-2-19-10-9-17-13-14(18-8-7-16-13)21-12-6-4-3-5-11(12)15(19)20/h3-8H,2,9-10H2,1H3,(H,16,17). The Hall–Kier alpha value is -2.63. The van der Waals surface area contributed by atoms with Crippen molar-refractivity contribution in [1.82, 2.24) is 14.9 Å². The van der Waals surface area contributed by atoms with E-state index in [2.05, 4.69) is 15.3 Å². The molecule has 1 aliphatic heterocycles. The van der Waals surface area contributed by atoms with E-state index in [0.717, 1.165) is 0 Å². The molecule has 3 rings (SSSR count). The van der Waals surface area contributed by atoms with E-state index in [0.29, 0.717) is 42.6 Å². The number of anilines is 1. The molecule has 0 bridgehead atoms. The lowest BCUT2D eigenvalue weighted by Gasteiger charge is -2.24. The van der Waals surface area contributed by atoms with E-state index < -0.39 is 0 Å². The van der Waals surface area contributed by atoms with Gasteiger partial charge in [0.05, 0.1) is 5.56 Å². The molecule has 0 fully saturated rings. The Bertz CT molecular complexity index is 660. The summed E-state index contributed by atoms with van der Waals surface area (Å²) in [5, 5.41) is 3.16. The lowest BCUT2D eigenvalue weighted by Crippen LogP contribution is -2.35. The van der Waals surface area contributed by atoms with Crippen molar-refractivity contribution in [3.63, 3.8) is 0 Å². The zero-order valence-corrected chi connectivity index (χ0v) is 11.7. The maximum atomic E-state index is 12.6. The van der Waals surface area contributed by atoms with E-state index in [1.54, 1.807) is 29.4 Å². The number of carbonyl (C=O) groups is 1. The molecule has 1 N–H and O–H groups in total. The third-order valence-electron chi connectivity index (χ3n) is 3.33. The molecule has 2 heterocycles. The highest BCUT2D eigenvalue weighted by atomic mass is 16.5. The van der Waals surface area contributed by atoms with Crippen LogP contribution >= 0.6 is 0 Å². The van der Waals surface area contributed by atoms with Crippen LogP contribution in [0.25, 0.3) is 0 Å². The first-order valence-corrected chi connectivity index (χ1v) is 6.90. The average molecular weight is 284 g/mol. The molecular weight excluding hydrogens is 268 g/mol. The van der Waals surface area contributed by atoms with Gasteiger partial charge >= 0.3 is 0 Å². The van der Waals surface area contributed by atoms with Crippen LogP contribution < -0.4 is 10.1 Å². The van der Waals surface area contributed by atoms with Gasteiger partial charge in [0, 0.05) is 32.0 Å². The van der Waals surface area contributed by atoms with Crippen molar-refractivity contribution in [3.8, 4) is 11.6 Å². The minimum atomic E-state index is -0.0396. The summed E-state index contributed by atoms with van der Waals surface area (Å²) in [4.78, 5) is 22.8. The Kier molecular flexibility index (Phi) is 3.68. The SMILES string of the molecule is CCN1CCNc2nccnc2Oc2ccccc2C1=O. The van der Waals surface area contributed by atoms with Gasteiger partial charge in [0.1, 0.15) is 5.75 Å². The zero-order valence-electron chi connectivity index (χ0n) is 11.7. The van der Waals surface area contributed by atoms with Gasteiger partial charge in [-0.05, 0) is 19.1 Å². The van der Waals surface area contributed by atoms with Crippen molar-refractivity contribution in [2.24, 2.45) is 0 Å². The Morgan fingerprint density at radius 2 is 2.10 bits per heavy atom. The van der Waals surface area contributed by atoms with Crippen LogP contribution in [-0.4, -0.2) is 40.4 Å². The Balaban J connectivity index is 2.07. The number of nitrogens with one attached hydrogen (secondary N) is 1. The van der Waals surface area contributed by atoms with Gasteiger partial charge in [-0.3, -0.25) is 4.79 Å². The Morgan fingerprint density at radius 3 is 2.95 bits per heavy atom. The lowest BCUT2D eigenvalue weighted by atomic mass is 10.1. The lowest BCUT2D eigenvalue weighted by molar-refractivity contribution is 0.0767. The van der Waals surface area contributed by atoms with Gasteiger partial charge in [-0.25, -0.2) is 9.97 Å². The van der Waals surface area contributed by atoms with Crippen LogP contribution in [0.15, 0.2) is 36.7 Å². The quantitative estimate of drug-likeness (QED) is 0.869. The number of carbonyl (C=O) groups excluding carboxylic acids is 1. The number of amides is 1. The van der Waals surface area contributed by atoms with Crippen molar-refractivity contribution in [1.29, 1.82) is 0 Å². The van der Waals surface area contributed by atoms with Gasteiger partial charge in [-0.15, -0.1) is 0 Å². The number of likely N-dealkylation sites (N-methyl/N-ethyl adjacent to an activating group) is 1. The minimum Gasteiger partial charge on any atom is -0.435 e. The van der Waals surface area contributed by atoms with E-state index >= 15 is 0 Å². The summed E-state index contributed by atoms with van der Waals surface area (Å²) >= 11 is 0. The molecule has 0 aliphatic carbocycles. The summed E-state index contributed by atoms with van der Waals surface area (Å²) in [6, 6.07) is 7.19. The number of aromatic nitrogens is 2. The van der Waals surface area contributed by atoms with Crippen molar-refractivity contribution >= 4 is 11.7 Å². The normalized spacial score (nSPS) is 14.5. The van der Waals surface area contributed by atoms with Gasteiger partial charge < -0.3 is 15.0 Å². The maximum absolute atomic E-state index is 12.6. The number of hydrogen-bond acceptors (Lipinski definition) is 5. The van der Waals surface area contributed by atoms with Crippen LogP contribution in [-0.2, 0) is 0 Å². The first-order valence-electron chi connectivity index (χ1n) is 6.90. The van der Waals surface area contributed by atoms with E-state index in [1.165, 1.54) is 0 Å². The highest BCUT2D eigenvalue weighted by molar-refractivity contribution is 5.97. The molecule has 0 unspecified atom stereocenters. The van der Waals surface area contributed by atoms with Crippen LogP contribution in [0.4, 0.5) is 5.82 Å². The summed E-state index contributed by atoms with van der Waals surface area (Å²) in [6.45, 7) is 3.79. The van der Waals surface area contributed by atoms with Crippen LogP contribution in [0.5, 0.6) is 11.6 Å². The number of benzene rings is 1. The summed E-state index contributed by atoms with van der Waals surface area (Å²) in [6.07, 6.45) is 3.17. The fourth-order valence-electron chi connectivity index (χ4n) is 2.24. The highest BCUT2D eigenvalue weighted by Gasteiger charge is 2.21. The summed E-state index contributed by atoms with van der Waals surface area (Å²) < 4.78 is 5.80. The molecule has 1 aromatic carbocycles. The second kappa shape index (κ2) is 5.78. The largest absolute Gasteiger partial charge is 0.435 e. The second-order valence-corrected chi connectivity index (χ2v) is 4.62. The van der Waals surface area contributed by atoms with Crippen molar-refractivity contribution in [2.45, 2.75) is 6.92 Å². The van der Waals surface area contributed by atoms with Gasteiger partial charge in [0.25, 0.3) is 11.8 Å². The van der Waals surface area contributed by atoms with Gasteiger partial charge in [0.2, 0.25) is 0 Å². The molecule has 0 radical (unpaired) electrons. The predicted molar refractivity (Wildman–Crippen MR) is 78.6 cm³/mol. The molecule has 21 heavy (non-hydrogen) atoms. The topological polar surface area (TPSA) is 67.3 Å². The number of rotatable bonds is 1. The smallest absolute Gasteiger partial charge is 0.262 e. The average Bonchev–Trinajstić information content (AvgIpc) is 2.53. The fraction of sp³-hybridized carbons (Fsp3) is 0.267. The molecule has 1 aromatic heterocycles. The molecule has 6 heteroatoms. The predicted octanol–water partition coefficient (Wildman–Crippen LogP) is 2.16. The van der Waals surface area contributed by atoms with E-state index in [1.807, 2.05) is 19.1 Å². The van der Waals surface area contributed by atoms with Crippen LogP contribution in [0, 0.1) is 0 Å². The molecule has 2 aromatic rings. The molecule has 0 spiro atoms.